The zero-order valence-corrected chi connectivity index (χ0v) is 13.0. The molecule has 0 radical (unpaired) electrons. The topological polar surface area (TPSA) is 42.1 Å². The molecule has 0 aliphatic rings. The molecule has 3 aromatic rings. The van der Waals surface area contributed by atoms with E-state index < -0.39 is 23.0 Å². The van der Waals surface area contributed by atoms with Crippen LogP contribution in [0.1, 0.15) is 5.56 Å². The van der Waals surface area contributed by atoms with Gasteiger partial charge in [0.25, 0.3) is 5.56 Å². The number of aromatic amines is 1. The Morgan fingerprint density at radius 3 is 2.39 bits per heavy atom. The molecule has 0 unspecified atom stereocenters. The number of nitrogens with one attached hydrogen (secondary N) is 1. The van der Waals surface area contributed by atoms with Crippen LogP contribution < -0.4 is 10.3 Å². The fourth-order valence-electron chi connectivity index (χ4n) is 2.23. The van der Waals surface area contributed by atoms with Crippen molar-refractivity contribution < 1.29 is 17.9 Å². The number of fused-ring (bicyclic) bond motifs is 1. The van der Waals surface area contributed by atoms with E-state index in [0.29, 0.717) is 4.47 Å². The summed E-state index contributed by atoms with van der Waals surface area (Å²) in [5.74, 6) is -0.618. The number of para-hydroxylation sites is 1. The molecule has 7 heteroatoms. The Kier molecular flexibility index (Phi) is 3.89. The molecule has 0 atom stereocenters. The Labute approximate surface area is 136 Å². The predicted molar refractivity (Wildman–Crippen MR) is 83.8 cm³/mol. The Hall–Kier alpha value is -2.28. The van der Waals surface area contributed by atoms with E-state index in [0.717, 1.165) is 0 Å². The van der Waals surface area contributed by atoms with Gasteiger partial charge in [0.2, 0.25) is 5.75 Å². The monoisotopic (exact) mass is 383 g/mol. The van der Waals surface area contributed by atoms with Crippen LogP contribution in [0.4, 0.5) is 13.2 Å². The zero-order valence-electron chi connectivity index (χ0n) is 11.4. The van der Waals surface area contributed by atoms with Gasteiger partial charge < -0.3 is 9.72 Å². The maximum atomic E-state index is 13.5. The van der Waals surface area contributed by atoms with Crippen molar-refractivity contribution in [3.63, 3.8) is 0 Å². The van der Waals surface area contributed by atoms with Gasteiger partial charge in [0.15, 0.2) is 0 Å². The Balaban J connectivity index is 2.31. The number of pyridine rings is 1. The van der Waals surface area contributed by atoms with E-state index >= 15 is 0 Å². The van der Waals surface area contributed by atoms with Crippen LogP contribution in [0.2, 0.25) is 0 Å². The van der Waals surface area contributed by atoms with Gasteiger partial charge in [0, 0.05) is 15.4 Å². The van der Waals surface area contributed by atoms with Gasteiger partial charge in [-0.3, -0.25) is 4.79 Å². The molecule has 0 saturated heterocycles. The highest BCUT2D eigenvalue weighted by atomic mass is 79.9. The van der Waals surface area contributed by atoms with E-state index in [1.54, 1.807) is 24.3 Å². The van der Waals surface area contributed by atoms with E-state index in [2.05, 4.69) is 20.9 Å². The molecule has 0 amide bonds. The van der Waals surface area contributed by atoms with Gasteiger partial charge >= 0.3 is 6.18 Å². The third-order valence-corrected chi connectivity index (χ3v) is 3.67. The van der Waals surface area contributed by atoms with E-state index in [-0.39, 0.29) is 16.7 Å². The molecule has 0 aliphatic carbocycles. The van der Waals surface area contributed by atoms with Crippen molar-refractivity contribution in [2.75, 3.05) is 0 Å². The molecule has 23 heavy (non-hydrogen) atoms. The maximum Gasteiger partial charge on any atom is 0.420 e. The van der Waals surface area contributed by atoms with E-state index in [9.17, 15) is 18.0 Å². The van der Waals surface area contributed by atoms with Gasteiger partial charge in [-0.15, -0.1) is 0 Å². The van der Waals surface area contributed by atoms with Gasteiger partial charge in [0.1, 0.15) is 11.3 Å². The second-order valence-corrected chi connectivity index (χ2v) is 5.68. The molecule has 0 spiro atoms. The lowest BCUT2D eigenvalue weighted by Crippen LogP contribution is -2.18. The van der Waals surface area contributed by atoms with Crippen molar-refractivity contribution in [1.82, 2.24) is 4.98 Å². The maximum absolute atomic E-state index is 13.5. The summed E-state index contributed by atoms with van der Waals surface area (Å²) >= 11 is 3.14. The normalized spacial score (nSPS) is 11.7. The van der Waals surface area contributed by atoms with E-state index in [4.69, 9.17) is 4.74 Å². The van der Waals surface area contributed by atoms with Crippen LogP contribution in [0.25, 0.3) is 10.9 Å². The molecular formula is C16H9BrF3NO2. The first kappa shape index (κ1) is 15.6. The summed E-state index contributed by atoms with van der Waals surface area (Å²) in [5, 5.41) is -0.141. The Bertz CT molecular complexity index is 920. The second-order valence-electron chi connectivity index (χ2n) is 4.76. The third kappa shape index (κ3) is 3.10. The molecule has 0 aliphatic heterocycles. The van der Waals surface area contributed by atoms with Crippen LogP contribution in [0, 0.1) is 0 Å². The molecule has 1 aromatic heterocycles. The summed E-state index contributed by atoms with van der Waals surface area (Å²) in [6.45, 7) is 0. The standard InChI is InChI=1S/C16H9BrF3NO2/c17-9-6-7-12-11(8-9)13(16(18,19)20)14(15(22)21-12)23-10-4-2-1-3-5-10/h1-8H,(H,21,22). The second kappa shape index (κ2) is 5.73. The number of alkyl halides is 3. The van der Waals surface area contributed by atoms with Gasteiger partial charge in [-0.25, -0.2) is 0 Å². The summed E-state index contributed by atoms with van der Waals surface area (Å²) < 4.78 is 46.3. The SMILES string of the molecule is O=c1[nH]c2ccc(Br)cc2c(C(F)(F)F)c1Oc1ccccc1. The summed E-state index contributed by atoms with van der Waals surface area (Å²) in [7, 11) is 0. The first-order valence-corrected chi connectivity index (χ1v) is 7.31. The fourth-order valence-corrected chi connectivity index (χ4v) is 2.59. The molecule has 3 nitrogen and oxygen atoms in total. The number of rotatable bonds is 2. The Morgan fingerprint density at radius 1 is 1.04 bits per heavy atom. The average molecular weight is 384 g/mol. The highest BCUT2D eigenvalue weighted by Gasteiger charge is 2.38. The Morgan fingerprint density at radius 2 is 1.74 bits per heavy atom. The van der Waals surface area contributed by atoms with Crippen molar-refractivity contribution >= 4 is 26.8 Å². The largest absolute Gasteiger partial charge is 0.451 e. The van der Waals surface area contributed by atoms with Gasteiger partial charge in [-0.05, 0) is 30.3 Å². The molecular weight excluding hydrogens is 375 g/mol. The minimum absolute atomic E-state index is 0.0888. The van der Waals surface area contributed by atoms with Crippen LogP contribution in [0.3, 0.4) is 0 Å². The number of hydrogen-bond acceptors (Lipinski definition) is 2. The quantitative estimate of drug-likeness (QED) is 0.668. The van der Waals surface area contributed by atoms with E-state index in [1.165, 1.54) is 24.3 Å². The van der Waals surface area contributed by atoms with Crippen LogP contribution in [-0.2, 0) is 6.18 Å². The number of benzene rings is 2. The van der Waals surface area contributed by atoms with E-state index in [1.807, 2.05) is 0 Å². The molecule has 0 saturated carbocycles. The van der Waals surface area contributed by atoms with Crippen LogP contribution in [0.5, 0.6) is 11.5 Å². The lowest BCUT2D eigenvalue weighted by atomic mass is 10.1. The van der Waals surface area contributed by atoms with Crippen molar-refractivity contribution in [3.05, 3.63) is 68.9 Å². The molecule has 0 bridgehead atoms. The summed E-state index contributed by atoms with van der Waals surface area (Å²) in [6, 6.07) is 12.1. The molecule has 0 fully saturated rings. The number of aromatic nitrogens is 1. The number of ether oxygens (including phenoxy) is 1. The van der Waals surface area contributed by atoms with Crippen LogP contribution >= 0.6 is 15.9 Å². The average Bonchev–Trinajstić information content (AvgIpc) is 2.48. The van der Waals surface area contributed by atoms with Crippen molar-refractivity contribution in [1.29, 1.82) is 0 Å². The van der Waals surface area contributed by atoms with Gasteiger partial charge in [-0.2, -0.15) is 13.2 Å². The summed E-state index contributed by atoms with van der Waals surface area (Å²) in [4.78, 5) is 14.5. The minimum atomic E-state index is -4.74. The van der Waals surface area contributed by atoms with Crippen molar-refractivity contribution in [2.45, 2.75) is 6.18 Å². The summed E-state index contributed by atoms with van der Waals surface area (Å²) in [6.07, 6.45) is -4.74. The first-order chi connectivity index (χ1) is 10.9. The van der Waals surface area contributed by atoms with Gasteiger partial charge in [0.05, 0.1) is 0 Å². The highest BCUT2D eigenvalue weighted by molar-refractivity contribution is 9.10. The highest BCUT2D eigenvalue weighted by Crippen LogP contribution is 2.40. The summed E-state index contributed by atoms with van der Waals surface area (Å²) in [5.41, 5.74) is -1.94. The molecule has 118 valence electrons. The zero-order chi connectivity index (χ0) is 16.6. The predicted octanol–water partition coefficient (Wildman–Crippen LogP) is 5.10. The van der Waals surface area contributed by atoms with Crippen molar-refractivity contribution in [3.8, 4) is 11.5 Å². The lowest BCUT2D eigenvalue weighted by Gasteiger charge is -2.15. The molecule has 3 rings (SSSR count). The number of H-pyrrole nitrogens is 1. The first-order valence-electron chi connectivity index (χ1n) is 6.52. The molecule has 2 aromatic carbocycles. The van der Waals surface area contributed by atoms with Crippen LogP contribution in [0.15, 0.2) is 57.8 Å². The fraction of sp³-hybridized carbons (Fsp3) is 0.0625. The number of hydrogen-bond donors (Lipinski definition) is 1. The minimum Gasteiger partial charge on any atom is -0.451 e. The third-order valence-electron chi connectivity index (χ3n) is 3.18. The smallest absolute Gasteiger partial charge is 0.420 e. The lowest BCUT2D eigenvalue weighted by molar-refractivity contribution is -0.137. The van der Waals surface area contributed by atoms with Crippen molar-refractivity contribution in [2.24, 2.45) is 0 Å². The number of halogens is 4. The van der Waals surface area contributed by atoms with Gasteiger partial charge in [-0.1, -0.05) is 34.1 Å². The van der Waals surface area contributed by atoms with Crippen LogP contribution in [-0.4, -0.2) is 4.98 Å². The molecule has 1 heterocycles. The molecule has 1 N–H and O–H groups in total.